The first kappa shape index (κ1) is 14.8. The fraction of sp³-hybridized carbons (Fsp3) is 0.538. The number of thioether (sulfide) groups is 1. The van der Waals surface area contributed by atoms with Crippen molar-refractivity contribution in [1.29, 1.82) is 0 Å². The summed E-state index contributed by atoms with van der Waals surface area (Å²) in [6.07, 6.45) is 2.11. The summed E-state index contributed by atoms with van der Waals surface area (Å²) in [6.45, 7) is 5.24. The SMILES string of the molecule is CSCC(C)CNC(C)c1ccc(F)c(Cl)c1. The van der Waals surface area contributed by atoms with Crippen molar-refractivity contribution < 1.29 is 4.39 Å². The van der Waals surface area contributed by atoms with Gasteiger partial charge in [-0.05, 0) is 49.1 Å². The van der Waals surface area contributed by atoms with Gasteiger partial charge >= 0.3 is 0 Å². The van der Waals surface area contributed by atoms with E-state index in [4.69, 9.17) is 11.6 Å². The molecular formula is C13H19ClFNS. The minimum atomic E-state index is -0.363. The second-order valence-electron chi connectivity index (χ2n) is 4.36. The predicted molar refractivity (Wildman–Crippen MR) is 75.4 cm³/mol. The summed E-state index contributed by atoms with van der Waals surface area (Å²) in [4.78, 5) is 0. The Bertz CT molecular complexity index is 359. The number of hydrogen-bond donors (Lipinski definition) is 1. The summed E-state index contributed by atoms with van der Waals surface area (Å²) in [6, 6.07) is 5.07. The van der Waals surface area contributed by atoms with Crippen LogP contribution in [-0.2, 0) is 0 Å². The molecule has 1 N–H and O–H groups in total. The highest BCUT2D eigenvalue weighted by molar-refractivity contribution is 7.98. The molecule has 0 heterocycles. The Morgan fingerprint density at radius 2 is 2.12 bits per heavy atom. The lowest BCUT2D eigenvalue weighted by atomic mass is 10.1. The third-order valence-electron chi connectivity index (χ3n) is 2.67. The van der Waals surface area contributed by atoms with Gasteiger partial charge in [0.2, 0.25) is 0 Å². The first-order valence-electron chi connectivity index (χ1n) is 5.72. The van der Waals surface area contributed by atoms with Crippen LogP contribution in [0.15, 0.2) is 18.2 Å². The molecule has 2 unspecified atom stereocenters. The molecule has 1 nitrogen and oxygen atoms in total. The second kappa shape index (κ2) is 7.24. The van der Waals surface area contributed by atoms with Gasteiger partial charge in [-0.15, -0.1) is 0 Å². The van der Waals surface area contributed by atoms with E-state index in [2.05, 4.69) is 25.4 Å². The summed E-state index contributed by atoms with van der Waals surface area (Å²) >= 11 is 7.62. The van der Waals surface area contributed by atoms with Crippen molar-refractivity contribution in [3.63, 3.8) is 0 Å². The second-order valence-corrected chi connectivity index (χ2v) is 5.68. The molecule has 0 radical (unpaired) electrons. The fourth-order valence-corrected chi connectivity index (χ4v) is 2.50. The molecule has 0 aliphatic carbocycles. The topological polar surface area (TPSA) is 12.0 Å². The van der Waals surface area contributed by atoms with Crippen molar-refractivity contribution >= 4 is 23.4 Å². The molecule has 2 atom stereocenters. The van der Waals surface area contributed by atoms with Gasteiger partial charge in [0.15, 0.2) is 0 Å². The van der Waals surface area contributed by atoms with Gasteiger partial charge in [-0.25, -0.2) is 4.39 Å². The molecule has 0 bridgehead atoms. The van der Waals surface area contributed by atoms with Crippen molar-refractivity contribution in [2.24, 2.45) is 5.92 Å². The maximum Gasteiger partial charge on any atom is 0.141 e. The van der Waals surface area contributed by atoms with Crippen molar-refractivity contribution in [2.75, 3.05) is 18.6 Å². The molecule has 1 rings (SSSR count). The minimum Gasteiger partial charge on any atom is -0.310 e. The molecule has 0 amide bonds. The Kier molecular flexibility index (Phi) is 6.31. The van der Waals surface area contributed by atoms with Gasteiger partial charge in [-0.2, -0.15) is 11.8 Å². The average molecular weight is 276 g/mol. The van der Waals surface area contributed by atoms with E-state index in [0.717, 1.165) is 17.9 Å². The van der Waals surface area contributed by atoms with Crippen molar-refractivity contribution in [1.82, 2.24) is 5.32 Å². The van der Waals surface area contributed by atoms with Crippen molar-refractivity contribution in [3.05, 3.63) is 34.6 Å². The van der Waals surface area contributed by atoms with E-state index in [1.807, 2.05) is 11.8 Å². The molecule has 96 valence electrons. The summed E-state index contributed by atoms with van der Waals surface area (Å²) in [5.74, 6) is 1.41. The summed E-state index contributed by atoms with van der Waals surface area (Å²) in [7, 11) is 0. The monoisotopic (exact) mass is 275 g/mol. The average Bonchev–Trinajstić information content (AvgIpc) is 2.30. The lowest BCUT2D eigenvalue weighted by Gasteiger charge is -2.17. The van der Waals surface area contributed by atoms with Crippen LogP contribution in [0.5, 0.6) is 0 Å². The number of hydrogen-bond acceptors (Lipinski definition) is 2. The number of halogens is 2. The van der Waals surface area contributed by atoms with Gasteiger partial charge in [0.25, 0.3) is 0 Å². The Morgan fingerprint density at radius 3 is 2.71 bits per heavy atom. The first-order chi connectivity index (χ1) is 8.04. The summed E-state index contributed by atoms with van der Waals surface area (Å²) in [5.41, 5.74) is 1.02. The van der Waals surface area contributed by atoms with E-state index >= 15 is 0 Å². The van der Waals surface area contributed by atoms with Crippen LogP contribution >= 0.6 is 23.4 Å². The molecule has 0 saturated carbocycles. The molecular weight excluding hydrogens is 257 g/mol. The quantitative estimate of drug-likeness (QED) is 0.838. The molecule has 17 heavy (non-hydrogen) atoms. The van der Waals surface area contributed by atoms with Gasteiger partial charge in [0, 0.05) is 6.04 Å². The van der Waals surface area contributed by atoms with E-state index in [9.17, 15) is 4.39 Å². The summed E-state index contributed by atoms with van der Waals surface area (Å²) < 4.78 is 13.0. The van der Waals surface area contributed by atoms with E-state index in [1.165, 1.54) is 6.07 Å². The van der Waals surface area contributed by atoms with Crippen LogP contribution in [0.2, 0.25) is 5.02 Å². The smallest absolute Gasteiger partial charge is 0.141 e. The van der Waals surface area contributed by atoms with Gasteiger partial charge in [0.05, 0.1) is 5.02 Å². The van der Waals surface area contributed by atoms with Gasteiger partial charge < -0.3 is 5.32 Å². The van der Waals surface area contributed by atoms with E-state index in [-0.39, 0.29) is 16.9 Å². The first-order valence-corrected chi connectivity index (χ1v) is 7.49. The molecule has 1 aromatic carbocycles. The van der Waals surface area contributed by atoms with Gasteiger partial charge in [-0.3, -0.25) is 0 Å². The van der Waals surface area contributed by atoms with Gasteiger partial charge in [0.1, 0.15) is 5.82 Å². The molecule has 0 aliphatic heterocycles. The number of nitrogens with one attached hydrogen (secondary N) is 1. The van der Waals surface area contributed by atoms with Crippen LogP contribution < -0.4 is 5.32 Å². The molecule has 1 aromatic rings. The zero-order valence-corrected chi connectivity index (χ0v) is 12.0. The van der Waals surface area contributed by atoms with Crippen molar-refractivity contribution in [3.8, 4) is 0 Å². The highest BCUT2D eigenvalue weighted by Crippen LogP contribution is 2.20. The maximum atomic E-state index is 13.0. The summed E-state index contributed by atoms with van der Waals surface area (Å²) in [5, 5.41) is 3.62. The molecule has 0 spiro atoms. The van der Waals surface area contributed by atoms with Gasteiger partial charge in [-0.1, -0.05) is 24.6 Å². The highest BCUT2D eigenvalue weighted by Gasteiger charge is 2.09. The zero-order valence-electron chi connectivity index (χ0n) is 10.5. The van der Waals surface area contributed by atoms with Crippen LogP contribution in [0.4, 0.5) is 4.39 Å². The Hall–Kier alpha value is -0.250. The molecule has 0 aromatic heterocycles. The van der Waals surface area contributed by atoms with E-state index in [0.29, 0.717) is 5.92 Å². The van der Waals surface area contributed by atoms with Crippen LogP contribution in [0, 0.1) is 11.7 Å². The normalized spacial score (nSPS) is 14.6. The Balaban J connectivity index is 2.52. The van der Waals surface area contributed by atoms with Crippen LogP contribution in [0.1, 0.15) is 25.5 Å². The third kappa shape index (κ3) is 4.86. The Labute approximate surface area is 112 Å². The number of rotatable bonds is 6. The lowest BCUT2D eigenvalue weighted by molar-refractivity contribution is 0.500. The van der Waals surface area contributed by atoms with Crippen LogP contribution in [0.25, 0.3) is 0 Å². The molecule has 0 aliphatic rings. The molecule has 0 fully saturated rings. The van der Waals surface area contributed by atoms with Crippen molar-refractivity contribution in [2.45, 2.75) is 19.9 Å². The van der Waals surface area contributed by atoms with E-state index in [1.54, 1.807) is 12.1 Å². The zero-order chi connectivity index (χ0) is 12.8. The van der Waals surface area contributed by atoms with Crippen LogP contribution in [0.3, 0.4) is 0 Å². The number of benzene rings is 1. The third-order valence-corrected chi connectivity index (χ3v) is 3.86. The van der Waals surface area contributed by atoms with Crippen LogP contribution in [-0.4, -0.2) is 18.6 Å². The highest BCUT2D eigenvalue weighted by atomic mass is 35.5. The van der Waals surface area contributed by atoms with E-state index < -0.39 is 0 Å². The predicted octanol–water partition coefficient (Wildman–Crippen LogP) is 4.13. The maximum absolute atomic E-state index is 13.0. The lowest BCUT2D eigenvalue weighted by Crippen LogP contribution is -2.25. The molecule has 4 heteroatoms. The molecule has 0 saturated heterocycles. The minimum absolute atomic E-state index is 0.188. The largest absolute Gasteiger partial charge is 0.310 e. The standard InChI is InChI=1S/C13H19ClFNS/c1-9(8-17-3)7-16-10(2)11-4-5-13(15)12(14)6-11/h4-6,9-10,16H,7-8H2,1-3H3. The Morgan fingerprint density at radius 1 is 1.41 bits per heavy atom. The fourth-order valence-electron chi connectivity index (χ4n) is 1.62.